The van der Waals surface area contributed by atoms with Crippen molar-refractivity contribution in [1.29, 1.82) is 0 Å². The second-order valence-electron chi connectivity index (χ2n) is 13.1. The summed E-state index contributed by atoms with van der Waals surface area (Å²) in [5.74, 6) is 0. The van der Waals surface area contributed by atoms with Crippen molar-refractivity contribution in [2.75, 3.05) is 10.2 Å². The fourth-order valence-corrected chi connectivity index (χ4v) is 7.06. The van der Waals surface area contributed by atoms with Crippen molar-refractivity contribution in [3.8, 4) is 5.69 Å². The predicted molar refractivity (Wildman–Crippen MR) is 219 cm³/mol. The van der Waals surface area contributed by atoms with Crippen LogP contribution in [0, 0.1) is 0 Å². The summed E-state index contributed by atoms with van der Waals surface area (Å²) in [4.78, 5) is 2.36. The number of fused-ring (bicyclic) bond motifs is 5. The molecule has 6 aromatic carbocycles. The first-order chi connectivity index (χ1) is 24.9. The number of para-hydroxylation sites is 4. The number of nitrogens with one attached hydrogen (secondary N) is 1. The Morgan fingerprint density at radius 2 is 1.06 bits per heavy atom. The van der Waals surface area contributed by atoms with Crippen LogP contribution in [0.3, 0.4) is 0 Å². The van der Waals surface area contributed by atoms with Gasteiger partial charge in [0.25, 0.3) is 0 Å². The summed E-state index contributed by atoms with van der Waals surface area (Å²) in [5, 5.41) is 5.91. The molecule has 2 heterocycles. The molecule has 3 N–H and O–H groups in total. The van der Waals surface area contributed by atoms with Crippen LogP contribution in [0.15, 0.2) is 189 Å². The Morgan fingerprint density at radius 3 is 1.59 bits per heavy atom. The fourth-order valence-electron chi connectivity index (χ4n) is 7.06. The SMILES string of the molecule is C=C/C=C\C=C.CC1(C)c2ccccc2N(c2ccc(/C(N)=C/Nc3ccc(-n4c5ccccc5c5ccccc54)cc3)cc2)c2ccccc21. The normalized spacial score (nSPS) is 13.3. The summed E-state index contributed by atoms with van der Waals surface area (Å²) in [6.45, 7) is 11.5. The van der Waals surface area contributed by atoms with E-state index in [9.17, 15) is 0 Å². The van der Waals surface area contributed by atoms with Gasteiger partial charge in [-0.3, -0.25) is 0 Å². The Labute approximate surface area is 300 Å². The number of hydrogen-bond acceptors (Lipinski definition) is 3. The van der Waals surface area contributed by atoms with E-state index in [0.717, 1.165) is 22.6 Å². The number of rotatable bonds is 7. The van der Waals surface area contributed by atoms with Gasteiger partial charge in [0.15, 0.2) is 0 Å². The van der Waals surface area contributed by atoms with Crippen molar-refractivity contribution in [2.24, 2.45) is 5.73 Å². The Balaban J connectivity index is 0.000000625. The van der Waals surface area contributed by atoms with Gasteiger partial charge in [-0.2, -0.15) is 0 Å². The zero-order valence-corrected chi connectivity index (χ0v) is 29.1. The lowest BCUT2D eigenvalue weighted by Crippen LogP contribution is -2.30. The molecular weight excluding hydrogens is 621 g/mol. The minimum atomic E-state index is -0.0792. The van der Waals surface area contributed by atoms with Crippen LogP contribution in [0.4, 0.5) is 22.7 Å². The number of benzene rings is 6. The smallest absolute Gasteiger partial charge is 0.0550 e. The largest absolute Gasteiger partial charge is 0.397 e. The number of allylic oxidation sites excluding steroid dienone is 4. The van der Waals surface area contributed by atoms with Crippen LogP contribution in [0.1, 0.15) is 30.5 Å². The summed E-state index contributed by atoms with van der Waals surface area (Å²) >= 11 is 0. The van der Waals surface area contributed by atoms with Crippen molar-refractivity contribution >= 4 is 50.3 Å². The quantitative estimate of drug-likeness (QED) is 0.167. The Kier molecular flexibility index (Phi) is 9.15. The molecule has 0 aliphatic carbocycles. The first-order valence-electron chi connectivity index (χ1n) is 17.2. The molecule has 0 fully saturated rings. The molecular formula is C47H42N4. The Bertz CT molecular complexity index is 2290. The van der Waals surface area contributed by atoms with Crippen LogP contribution in [-0.2, 0) is 5.41 Å². The number of hydrogen-bond donors (Lipinski definition) is 2. The highest BCUT2D eigenvalue weighted by Crippen LogP contribution is 2.51. The number of nitrogens with zero attached hydrogens (tertiary/aromatic N) is 2. The summed E-state index contributed by atoms with van der Waals surface area (Å²) in [6, 6.07) is 51.5. The second-order valence-corrected chi connectivity index (χ2v) is 13.1. The average molecular weight is 663 g/mol. The minimum absolute atomic E-state index is 0.0792. The molecule has 250 valence electrons. The van der Waals surface area contributed by atoms with Gasteiger partial charge >= 0.3 is 0 Å². The topological polar surface area (TPSA) is 46.2 Å². The molecule has 0 atom stereocenters. The van der Waals surface area contributed by atoms with Gasteiger partial charge in [0.05, 0.1) is 28.1 Å². The van der Waals surface area contributed by atoms with E-state index in [1.165, 1.54) is 44.3 Å². The molecule has 4 heteroatoms. The third-order valence-electron chi connectivity index (χ3n) is 9.58. The third kappa shape index (κ3) is 6.24. The molecule has 1 aliphatic rings. The maximum absolute atomic E-state index is 6.57. The molecule has 0 radical (unpaired) electrons. The fraction of sp³-hybridized carbons (Fsp3) is 0.0638. The highest BCUT2D eigenvalue weighted by molar-refractivity contribution is 6.09. The van der Waals surface area contributed by atoms with Crippen molar-refractivity contribution in [2.45, 2.75) is 19.3 Å². The number of nitrogens with two attached hydrogens (primary N) is 1. The van der Waals surface area contributed by atoms with Gasteiger partial charge in [0.1, 0.15) is 0 Å². The maximum Gasteiger partial charge on any atom is 0.0550 e. The lowest BCUT2D eigenvalue weighted by atomic mass is 9.73. The van der Waals surface area contributed by atoms with Gasteiger partial charge in [-0.25, -0.2) is 0 Å². The standard InChI is InChI=1S/C41H34N4.C6H8/c1-41(2)34-13-5-9-17-39(34)45(40-18-10-6-14-35(40)41)30-23-19-28(20-24-30)36(42)27-43-29-21-25-31(26-22-29)44-37-15-7-3-11-32(37)33-12-4-8-16-38(33)44;1-3-5-6-4-2/h3-27,43H,42H2,1-2H3;3-6H,1-2H2/b36-27-;6-5-. The molecule has 0 amide bonds. The van der Waals surface area contributed by atoms with Crippen LogP contribution < -0.4 is 16.0 Å². The average Bonchev–Trinajstić information content (AvgIpc) is 3.51. The molecule has 1 aromatic heterocycles. The molecule has 0 bridgehead atoms. The molecule has 7 aromatic rings. The first kappa shape index (κ1) is 33.0. The van der Waals surface area contributed by atoms with Gasteiger partial charge < -0.3 is 20.5 Å². The third-order valence-corrected chi connectivity index (χ3v) is 9.58. The summed E-state index contributed by atoms with van der Waals surface area (Å²) in [5.41, 5.74) is 18.8. The van der Waals surface area contributed by atoms with Crippen molar-refractivity contribution in [3.63, 3.8) is 0 Å². The molecule has 4 nitrogen and oxygen atoms in total. The molecule has 0 saturated heterocycles. The van der Waals surface area contributed by atoms with E-state index >= 15 is 0 Å². The molecule has 51 heavy (non-hydrogen) atoms. The minimum Gasteiger partial charge on any atom is -0.397 e. The number of aromatic nitrogens is 1. The van der Waals surface area contributed by atoms with E-state index in [1.807, 2.05) is 18.4 Å². The van der Waals surface area contributed by atoms with Crippen LogP contribution in [0.25, 0.3) is 33.2 Å². The Morgan fingerprint density at radius 1 is 0.588 bits per heavy atom. The van der Waals surface area contributed by atoms with Gasteiger partial charge in [-0.15, -0.1) is 0 Å². The molecule has 1 aliphatic heterocycles. The van der Waals surface area contributed by atoms with E-state index in [0.29, 0.717) is 5.70 Å². The molecule has 0 saturated carbocycles. The van der Waals surface area contributed by atoms with Crippen LogP contribution in [0.2, 0.25) is 0 Å². The lowest BCUT2D eigenvalue weighted by Gasteiger charge is -2.42. The second kappa shape index (κ2) is 14.1. The van der Waals surface area contributed by atoms with E-state index in [2.05, 4.69) is 187 Å². The Hall–Kier alpha value is -6.52. The van der Waals surface area contributed by atoms with E-state index < -0.39 is 0 Å². The summed E-state index contributed by atoms with van der Waals surface area (Å²) < 4.78 is 2.32. The van der Waals surface area contributed by atoms with Crippen LogP contribution in [0.5, 0.6) is 0 Å². The van der Waals surface area contributed by atoms with Gasteiger partial charge in [-0.05, 0) is 77.4 Å². The highest BCUT2D eigenvalue weighted by atomic mass is 15.2. The van der Waals surface area contributed by atoms with E-state index in [1.54, 1.807) is 12.2 Å². The highest BCUT2D eigenvalue weighted by Gasteiger charge is 2.36. The van der Waals surface area contributed by atoms with Gasteiger partial charge in [0, 0.05) is 39.4 Å². The summed E-state index contributed by atoms with van der Waals surface area (Å²) in [6.07, 6.45) is 8.95. The van der Waals surface area contributed by atoms with Crippen LogP contribution in [-0.4, -0.2) is 4.57 Å². The lowest BCUT2D eigenvalue weighted by molar-refractivity contribution is 0.632. The van der Waals surface area contributed by atoms with Crippen molar-refractivity contribution in [1.82, 2.24) is 4.57 Å². The number of anilines is 4. The van der Waals surface area contributed by atoms with Gasteiger partial charge in [-0.1, -0.05) is 136 Å². The molecule has 8 rings (SSSR count). The molecule has 0 spiro atoms. The zero-order valence-electron chi connectivity index (χ0n) is 29.1. The van der Waals surface area contributed by atoms with E-state index in [4.69, 9.17) is 5.73 Å². The van der Waals surface area contributed by atoms with Gasteiger partial charge in [0.2, 0.25) is 0 Å². The monoisotopic (exact) mass is 662 g/mol. The zero-order chi connectivity index (χ0) is 35.4. The predicted octanol–water partition coefficient (Wildman–Crippen LogP) is 12.2. The van der Waals surface area contributed by atoms with Crippen molar-refractivity contribution < 1.29 is 0 Å². The van der Waals surface area contributed by atoms with E-state index in [-0.39, 0.29) is 5.41 Å². The van der Waals surface area contributed by atoms with Crippen LogP contribution >= 0.6 is 0 Å². The first-order valence-corrected chi connectivity index (χ1v) is 17.2. The molecule has 0 unspecified atom stereocenters. The summed E-state index contributed by atoms with van der Waals surface area (Å²) in [7, 11) is 0. The van der Waals surface area contributed by atoms with Crippen molar-refractivity contribution in [3.05, 3.63) is 206 Å². The maximum atomic E-state index is 6.57.